The van der Waals surface area contributed by atoms with E-state index in [4.69, 9.17) is 0 Å². The Morgan fingerprint density at radius 1 is 1.75 bits per heavy atom. The molecular formula is C9H11I2S-. The van der Waals surface area contributed by atoms with Crippen molar-refractivity contribution in [3.8, 4) is 0 Å². The number of allylic oxidation sites excluding steroid dienone is 3. The molecule has 0 aromatic rings. The molecule has 0 N–H and O–H groups in total. The van der Waals surface area contributed by atoms with Gasteiger partial charge in [-0.1, -0.05) is 0 Å². The van der Waals surface area contributed by atoms with Crippen LogP contribution in [0.15, 0.2) is 31.3 Å². The summed E-state index contributed by atoms with van der Waals surface area (Å²) in [5.74, 6) is 0. The first kappa shape index (κ1) is 11.1. The number of halogens is 2. The number of alkyl halides is 1. The minimum atomic E-state index is 0.337. The standard InChI is InChI=1S/C9H11I2S/c1-8(4-5-10)12-9-3-2-6-11-7-9/h2-6,8H,7H2,1H3/q-1/b5-4-. The molecule has 0 aliphatic carbocycles. The first-order valence-corrected chi connectivity index (χ1v) is 8.59. The van der Waals surface area contributed by atoms with E-state index >= 15 is 0 Å². The summed E-state index contributed by atoms with van der Waals surface area (Å²) in [6.07, 6.45) is 6.70. The van der Waals surface area contributed by atoms with Crippen LogP contribution in [0.2, 0.25) is 0 Å². The van der Waals surface area contributed by atoms with Gasteiger partial charge in [-0.2, -0.15) is 0 Å². The van der Waals surface area contributed by atoms with E-state index in [1.165, 1.54) is 4.43 Å². The number of rotatable bonds is 3. The zero-order valence-electron chi connectivity index (χ0n) is 6.84. The summed E-state index contributed by atoms with van der Waals surface area (Å²) in [4.78, 5) is 1.56. The second-order valence-corrected chi connectivity index (χ2v) is 6.97. The zero-order valence-corrected chi connectivity index (χ0v) is 12.0. The summed E-state index contributed by atoms with van der Waals surface area (Å²) in [7, 11) is 0. The average Bonchev–Trinajstić information content (AvgIpc) is 2.06. The quantitative estimate of drug-likeness (QED) is 0.489. The molecule has 1 aliphatic heterocycles. The van der Waals surface area contributed by atoms with Crippen LogP contribution >= 0.6 is 34.4 Å². The summed E-state index contributed by atoms with van der Waals surface area (Å²) in [5, 5.41) is 0.628. The SMILES string of the molecule is CC(/C=C\I)SC1=CC=C[I-]C1. The fourth-order valence-electron chi connectivity index (χ4n) is 0.812. The normalized spacial score (nSPS) is 20.3. The summed E-state index contributed by atoms with van der Waals surface area (Å²) >= 11 is 4.60. The summed E-state index contributed by atoms with van der Waals surface area (Å²) in [6.45, 7) is 2.25. The molecule has 1 atom stereocenters. The van der Waals surface area contributed by atoms with Crippen molar-refractivity contribution in [3.05, 3.63) is 31.3 Å². The van der Waals surface area contributed by atoms with E-state index < -0.39 is 0 Å². The van der Waals surface area contributed by atoms with Gasteiger partial charge in [0, 0.05) is 0 Å². The van der Waals surface area contributed by atoms with Crippen LogP contribution in [0, 0.1) is 0 Å². The van der Waals surface area contributed by atoms with Gasteiger partial charge in [0.25, 0.3) is 0 Å². The molecule has 0 spiro atoms. The molecule has 12 heavy (non-hydrogen) atoms. The maximum atomic E-state index is 2.34. The predicted molar refractivity (Wildman–Crippen MR) is 62.3 cm³/mol. The summed E-state index contributed by atoms with van der Waals surface area (Å²) < 4.78 is 5.77. The molecule has 0 nitrogen and oxygen atoms in total. The van der Waals surface area contributed by atoms with Crippen molar-refractivity contribution in [2.45, 2.75) is 12.2 Å². The first-order chi connectivity index (χ1) is 5.83. The van der Waals surface area contributed by atoms with Crippen LogP contribution in [-0.2, 0) is 0 Å². The molecule has 68 valence electrons. The maximum absolute atomic E-state index is 2.34. The Morgan fingerprint density at radius 2 is 2.58 bits per heavy atom. The molecule has 0 bridgehead atoms. The molecular weight excluding hydrogens is 394 g/mol. The van der Waals surface area contributed by atoms with Crippen molar-refractivity contribution in [2.75, 3.05) is 4.43 Å². The van der Waals surface area contributed by atoms with Crippen molar-refractivity contribution in [1.29, 1.82) is 0 Å². The van der Waals surface area contributed by atoms with Gasteiger partial charge in [0.2, 0.25) is 0 Å². The summed E-state index contributed by atoms with van der Waals surface area (Å²) in [6, 6.07) is 0. The van der Waals surface area contributed by atoms with E-state index in [2.05, 4.69) is 55.9 Å². The minimum absolute atomic E-state index is 0.337. The molecule has 3 heteroatoms. The zero-order chi connectivity index (χ0) is 8.81. The molecule has 1 heterocycles. The Kier molecular flexibility index (Phi) is 6.00. The molecule has 0 fully saturated rings. The van der Waals surface area contributed by atoms with Crippen LogP contribution in [-0.4, -0.2) is 9.68 Å². The van der Waals surface area contributed by atoms with Crippen LogP contribution in [0.5, 0.6) is 0 Å². The molecule has 0 saturated carbocycles. The second kappa shape index (κ2) is 6.48. The third-order valence-corrected chi connectivity index (χ3v) is 5.56. The number of hydrogen-bond acceptors (Lipinski definition) is 1. The van der Waals surface area contributed by atoms with Crippen molar-refractivity contribution in [1.82, 2.24) is 0 Å². The van der Waals surface area contributed by atoms with Crippen molar-refractivity contribution in [2.24, 2.45) is 0 Å². The summed E-state index contributed by atoms with van der Waals surface area (Å²) in [5.41, 5.74) is 0. The molecule has 0 aromatic carbocycles. The number of thioether (sulfide) groups is 1. The molecule has 0 amide bonds. The third-order valence-electron chi connectivity index (χ3n) is 1.33. The third kappa shape index (κ3) is 4.32. The van der Waals surface area contributed by atoms with Gasteiger partial charge in [0.15, 0.2) is 0 Å². The second-order valence-electron chi connectivity index (χ2n) is 2.38. The van der Waals surface area contributed by atoms with Gasteiger partial charge in [-0.3, -0.25) is 0 Å². The van der Waals surface area contributed by atoms with E-state index in [1.807, 2.05) is 11.8 Å². The van der Waals surface area contributed by atoms with Crippen LogP contribution < -0.4 is 21.2 Å². The molecule has 0 radical (unpaired) electrons. The van der Waals surface area contributed by atoms with Gasteiger partial charge in [-0.15, -0.1) is 0 Å². The van der Waals surface area contributed by atoms with E-state index in [0.29, 0.717) is 26.5 Å². The van der Waals surface area contributed by atoms with E-state index in [0.717, 1.165) is 0 Å². The van der Waals surface area contributed by atoms with Gasteiger partial charge in [0.1, 0.15) is 0 Å². The average molecular weight is 405 g/mol. The van der Waals surface area contributed by atoms with Crippen LogP contribution in [0.25, 0.3) is 0 Å². The Morgan fingerprint density at radius 3 is 3.17 bits per heavy atom. The molecule has 0 aromatic heterocycles. The topological polar surface area (TPSA) is 0 Å². The number of hydrogen-bond donors (Lipinski definition) is 0. The first-order valence-electron chi connectivity index (χ1n) is 3.70. The van der Waals surface area contributed by atoms with Crippen LogP contribution in [0.4, 0.5) is 0 Å². The van der Waals surface area contributed by atoms with Gasteiger partial charge >= 0.3 is 103 Å². The predicted octanol–water partition coefficient (Wildman–Crippen LogP) is 0.557. The Labute approximate surface area is 102 Å². The molecule has 0 saturated heterocycles. The monoisotopic (exact) mass is 405 g/mol. The van der Waals surface area contributed by atoms with Crippen LogP contribution in [0.3, 0.4) is 0 Å². The van der Waals surface area contributed by atoms with Gasteiger partial charge in [0.05, 0.1) is 0 Å². The van der Waals surface area contributed by atoms with E-state index in [-0.39, 0.29) is 0 Å². The van der Waals surface area contributed by atoms with E-state index in [9.17, 15) is 0 Å². The van der Waals surface area contributed by atoms with Crippen molar-refractivity contribution >= 4 is 34.4 Å². The van der Waals surface area contributed by atoms with E-state index in [1.54, 1.807) is 4.91 Å². The fourth-order valence-corrected chi connectivity index (χ4v) is 4.98. The van der Waals surface area contributed by atoms with Gasteiger partial charge in [-0.05, 0) is 0 Å². The Balaban J connectivity index is 2.39. The van der Waals surface area contributed by atoms with Crippen molar-refractivity contribution < 1.29 is 21.2 Å². The molecule has 1 unspecified atom stereocenters. The molecule has 1 rings (SSSR count). The van der Waals surface area contributed by atoms with Gasteiger partial charge < -0.3 is 0 Å². The van der Waals surface area contributed by atoms with Gasteiger partial charge in [-0.25, -0.2) is 0 Å². The Bertz CT molecular complexity index is 219. The van der Waals surface area contributed by atoms with Crippen molar-refractivity contribution in [3.63, 3.8) is 0 Å². The Hall–Kier alpha value is 1.03. The fraction of sp³-hybridized carbons (Fsp3) is 0.333. The van der Waals surface area contributed by atoms with Crippen LogP contribution in [0.1, 0.15) is 6.92 Å². The molecule has 1 aliphatic rings.